The van der Waals surface area contributed by atoms with Crippen LogP contribution in [0, 0.1) is 6.92 Å². The number of fused-ring (bicyclic) bond motifs is 1. The minimum atomic E-state index is -3.73. The van der Waals surface area contributed by atoms with Crippen LogP contribution in [0.2, 0.25) is 0 Å². The zero-order valence-corrected chi connectivity index (χ0v) is 20.4. The van der Waals surface area contributed by atoms with Gasteiger partial charge in [-0.15, -0.1) is 11.3 Å². The molecule has 172 valence electrons. The predicted octanol–water partition coefficient (Wildman–Crippen LogP) is 4.18. The van der Waals surface area contributed by atoms with Crippen molar-refractivity contribution in [1.29, 1.82) is 0 Å². The van der Waals surface area contributed by atoms with Crippen molar-refractivity contribution >= 4 is 44.0 Å². The van der Waals surface area contributed by atoms with E-state index >= 15 is 0 Å². The second kappa shape index (κ2) is 8.69. The van der Waals surface area contributed by atoms with Gasteiger partial charge >= 0.3 is 0 Å². The van der Waals surface area contributed by atoms with E-state index in [4.69, 9.17) is 0 Å². The van der Waals surface area contributed by atoms with Gasteiger partial charge in [0.15, 0.2) is 5.65 Å². The van der Waals surface area contributed by atoms with Gasteiger partial charge in [-0.25, -0.2) is 22.8 Å². The molecule has 33 heavy (non-hydrogen) atoms. The van der Waals surface area contributed by atoms with Crippen LogP contribution in [-0.2, 0) is 16.6 Å². The maximum atomic E-state index is 13.2. The van der Waals surface area contributed by atoms with Crippen LogP contribution in [0.4, 0.5) is 5.69 Å². The fourth-order valence-corrected chi connectivity index (χ4v) is 5.58. The van der Waals surface area contributed by atoms with Crippen molar-refractivity contribution in [1.82, 2.24) is 19.5 Å². The van der Waals surface area contributed by atoms with Crippen molar-refractivity contribution in [3.8, 4) is 0 Å². The normalized spacial score (nSPS) is 12.2. The minimum absolute atomic E-state index is 0.0787. The number of rotatable bonds is 6. The number of hydrogen-bond acceptors (Lipinski definition) is 6. The summed E-state index contributed by atoms with van der Waals surface area (Å²) < 4.78 is 29.7. The van der Waals surface area contributed by atoms with E-state index in [-0.39, 0.29) is 10.8 Å². The lowest BCUT2D eigenvalue weighted by Crippen LogP contribution is -2.40. The molecular formula is C23H25N5O3S2. The van der Waals surface area contributed by atoms with E-state index in [0.717, 1.165) is 4.88 Å². The van der Waals surface area contributed by atoms with Gasteiger partial charge in [-0.3, -0.25) is 4.79 Å². The van der Waals surface area contributed by atoms with E-state index in [1.54, 1.807) is 61.2 Å². The highest BCUT2D eigenvalue weighted by Gasteiger charge is 2.23. The Morgan fingerprint density at radius 1 is 1.15 bits per heavy atom. The van der Waals surface area contributed by atoms with Crippen molar-refractivity contribution < 1.29 is 13.2 Å². The molecule has 1 aromatic carbocycles. The van der Waals surface area contributed by atoms with Gasteiger partial charge in [-0.2, -0.15) is 5.10 Å². The third-order valence-electron chi connectivity index (χ3n) is 4.71. The zero-order valence-electron chi connectivity index (χ0n) is 18.8. The number of hydrogen-bond donors (Lipinski definition) is 2. The molecule has 0 aliphatic rings. The van der Waals surface area contributed by atoms with E-state index in [1.807, 2.05) is 24.4 Å². The van der Waals surface area contributed by atoms with Crippen molar-refractivity contribution in [2.75, 3.05) is 5.32 Å². The topological polar surface area (TPSA) is 106 Å². The molecule has 4 rings (SSSR count). The second-order valence-corrected chi connectivity index (χ2v) is 11.5. The molecule has 4 aromatic rings. The molecule has 0 atom stereocenters. The number of sulfonamides is 1. The number of carbonyl (C=O) groups is 1. The van der Waals surface area contributed by atoms with Crippen LogP contribution in [0.25, 0.3) is 11.0 Å². The van der Waals surface area contributed by atoms with E-state index in [9.17, 15) is 13.2 Å². The first-order valence-corrected chi connectivity index (χ1v) is 12.7. The number of amides is 1. The first-order valence-electron chi connectivity index (χ1n) is 10.3. The fraction of sp³-hybridized carbons (Fsp3) is 0.261. The number of nitrogens with one attached hydrogen (secondary N) is 2. The predicted molar refractivity (Wildman–Crippen MR) is 130 cm³/mol. The highest BCUT2D eigenvalue weighted by Crippen LogP contribution is 2.23. The Morgan fingerprint density at radius 3 is 2.64 bits per heavy atom. The Balaban J connectivity index is 1.63. The van der Waals surface area contributed by atoms with Crippen molar-refractivity contribution in [2.24, 2.45) is 0 Å². The standard InChI is InChI=1S/C23H25N5O3S2/c1-15-11-19(20-13-24-28(21(20)25-15)14-17-8-6-10-32-17)22(29)26-16-7-5-9-18(12-16)33(30,31)27-23(2,3)4/h5-13,27H,14H2,1-4H3,(H,26,29). The third kappa shape index (κ3) is 5.29. The van der Waals surface area contributed by atoms with Gasteiger partial charge in [0.05, 0.1) is 28.6 Å². The number of nitrogens with zero attached hydrogens (tertiary/aromatic N) is 3. The Hall–Kier alpha value is -3.08. The summed E-state index contributed by atoms with van der Waals surface area (Å²) in [6.45, 7) is 7.70. The second-order valence-electron chi connectivity index (χ2n) is 8.77. The van der Waals surface area contributed by atoms with Crippen molar-refractivity contribution in [3.63, 3.8) is 0 Å². The molecule has 1 amide bonds. The number of benzene rings is 1. The Bertz CT molecular complexity index is 1420. The van der Waals surface area contributed by atoms with Crippen molar-refractivity contribution in [3.05, 3.63) is 70.2 Å². The smallest absolute Gasteiger partial charge is 0.256 e. The van der Waals surface area contributed by atoms with Crippen LogP contribution >= 0.6 is 11.3 Å². The van der Waals surface area contributed by atoms with Gasteiger partial charge in [0.25, 0.3) is 5.91 Å². The number of aryl methyl sites for hydroxylation is 1. The van der Waals surface area contributed by atoms with E-state index in [2.05, 4.69) is 20.1 Å². The summed E-state index contributed by atoms with van der Waals surface area (Å²) in [6.07, 6.45) is 1.64. The molecule has 0 aliphatic carbocycles. The summed E-state index contributed by atoms with van der Waals surface area (Å²) in [5.74, 6) is -0.362. The molecule has 0 aliphatic heterocycles. The number of pyridine rings is 1. The van der Waals surface area contributed by atoms with E-state index in [0.29, 0.717) is 34.5 Å². The molecule has 3 aromatic heterocycles. The summed E-state index contributed by atoms with van der Waals surface area (Å²) in [7, 11) is -3.73. The fourth-order valence-electron chi connectivity index (χ4n) is 3.43. The Morgan fingerprint density at radius 2 is 1.94 bits per heavy atom. The maximum absolute atomic E-state index is 13.2. The Labute approximate surface area is 196 Å². The van der Waals surface area contributed by atoms with Crippen LogP contribution in [0.5, 0.6) is 0 Å². The quantitative estimate of drug-likeness (QED) is 0.428. The molecule has 0 saturated carbocycles. The lowest BCUT2D eigenvalue weighted by Gasteiger charge is -2.20. The molecule has 0 fully saturated rings. The summed E-state index contributed by atoms with van der Waals surface area (Å²) in [5.41, 5.74) is 1.49. The van der Waals surface area contributed by atoms with E-state index in [1.165, 1.54) is 12.1 Å². The number of carbonyl (C=O) groups excluding carboxylic acids is 1. The first-order chi connectivity index (χ1) is 15.5. The maximum Gasteiger partial charge on any atom is 0.256 e. The highest BCUT2D eigenvalue weighted by molar-refractivity contribution is 7.89. The van der Waals surface area contributed by atoms with Gasteiger partial charge < -0.3 is 5.32 Å². The number of thiophene rings is 1. The van der Waals surface area contributed by atoms with Gasteiger partial charge in [0.2, 0.25) is 10.0 Å². The summed E-state index contributed by atoms with van der Waals surface area (Å²) in [4.78, 5) is 19.0. The van der Waals surface area contributed by atoms with Crippen LogP contribution in [0.3, 0.4) is 0 Å². The van der Waals surface area contributed by atoms with Gasteiger partial charge in [-0.1, -0.05) is 12.1 Å². The van der Waals surface area contributed by atoms with Gasteiger partial charge in [0, 0.05) is 21.8 Å². The summed E-state index contributed by atoms with van der Waals surface area (Å²) >= 11 is 1.63. The lowest BCUT2D eigenvalue weighted by atomic mass is 10.1. The van der Waals surface area contributed by atoms with Crippen molar-refractivity contribution in [2.45, 2.75) is 44.7 Å². The van der Waals surface area contributed by atoms with Crippen LogP contribution < -0.4 is 10.0 Å². The minimum Gasteiger partial charge on any atom is -0.322 e. The average molecular weight is 484 g/mol. The molecule has 10 heteroatoms. The zero-order chi connectivity index (χ0) is 23.8. The molecule has 0 bridgehead atoms. The Kier molecular flexibility index (Phi) is 6.08. The molecule has 0 saturated heterocycles. The number of anilines is 1. The number of aromatic nitrogens is 3. The van der Waals surface area contributed by atoms with Crippen LogP contribution in [0.15, 0.2) is 58.9 Å². The average Bonchev–Trinajstić information content (AvgIpc) is 3.36. The SMILES string of the molecule is Cc1cc(C(=O)Nc2cccc(S(=O)(=O)NC(C)(C)C)c2)c2cnn(Cc3cccs3)c2n1. The molecule has 0 unspecified atom stereocenters. The summed E-state index contributed by atoms with van der Waals surface area (Å²) in [6, 6.07) is 11.9. The van der Waals surface area contributed by atoms with Gasteiger partial charge in [-0.05, 0) is 63.4 Å². The largest absolute Gasteiger partial charge is 0.322 e. The molecule has 3 heterocycles. The lowest BCUT2D eigenvalue weighted by molar-refractivity contribution is 0.102. The molecule has 2 N–H and O–H groups in total. The summed E-state index contributed by atoms with van der Waals surface area (Å²) in [5, 5.41) is 9.89. The van der Waals surface area contributed by atoms with Crippen LogP contribution in [-0.4, -0.2) is 34.6 Å². The van der Waals surface area contributed by atoms with Gasteiger partial charge in [0.1, 0.15) is 0 Å². The third-order valence-corrected chi connectivity index (χ3v) is 7.33. The molecule has 0 spiro atoms. The molecule has 0 radical (unpaired) electrons. The highest BCUT2D eigenvalue weighted by atomic mass is 32.2. The monoisotopic (exact) mass is 483 g/mol. The van der Waals surface area contributed by atoms with E-state index < -0.39 is 15.6 Å². The van der Waals surface area contributed by atoms with Crippen LogP contribution in [0.1, 0.15) is 41.7 Å². The first kappa shape index (κ1) is 23.1. The molecule has 8 nitrogen and oxygen atoms in total. The molecular weight excluding hydrogens is 458 g/mol.